The number of rotatable bonds is 1. The minimum absolute atomic E-state index is 0.0723. The zero-order valence-electron chi connectivity index (χ0n) is 6.46. The number of hydrogen-bond acceptors (Lipinski definition) is 2. The number of phenols is 1. The van der Waals surface area contributed by atoms with Crippen molar-refractivity contribution in [2.75, 3.05) is 0 Å². The average Bonchev–Trinajstić information content (AvgIpc) is 2.53. The molecule has 3 nitrogen and oxygen atoms in total. The highest BCUT2D eigenvalue weighted by atomic mass is 19.3. The number of aromatic hydroxyl groups is 1. The molecule has 13 heavy (non-hydrogen) atoms. The first-order valence-corrected chi connectivity index (χ1v) is 3.63. The number of phenolic OH excluding ortho intramolecular Hbond substituents is 1. The number of nitrogens with zero attached hydrogens (tertiary/aromatic N) is 1. The van der Waals surface area contributed by atoms with Gasteiger partial charge in [-0.15, -0.1) is 0 Å². The minimum Gasteiger partial charge on any atom is -0.506 e. The Labute approximate surface area is 72.0 Å². The van der Waals surface area contributed by atoms with E-state index in [1.165, 1.54) is 18.5 Å². The van der Waals surface area contributed by atoms with Crippen LogP contribution in [0.2, 0.25) is 0 Å². The molecule has 1 aromatic heterocycles. The van der Waals surface area contributed by atoms with E-state index in [0.717, 1.165) is 0 Å². The van der Waals surface area contributed by atoms with Crippen molar-refractivity contribution in [1.29, 1.82) is 0 Å². The highest BCUT2D eigenvalue weighted by Crippen LogP contribution is 2.30. The number of aromatic nitrogens is 2. The van der Waals surface area contributed by atoms with Crippen molar-refractivity contribution in [3.63, 3.8) is 0 Å². The number of aromatic amines is 1. The number of fused-ring (bicyclic) bond motifs is 1. The van der Waals surface area contributed by atoms with E-state index in [1.807, 2.05) is 0 Å². The second-order valence-electron chi connectivity index (χ2n) is 2.60. The van der Waals surface area contributed by atoms with E-state index >= 15 is 0 Å². The topological polar surface area (TPSA) is 48.9 Å². The summed E-state index contributed by atoms with van der Waals surface area (Å²) in [6, 6.07) is 2.39. The Morgan fingerprint density at radius 1 is 1.38 bits per heavy atom. The maximum Gasteiger partial charge on any atom is 0.266 e. The number of H-pyrrole nitrogens is 1. The summed E-state index contributed by atoms with van der Waals surface area (Å²) in [4.78, 5) is 6.29. The molecule has 0 saturated carbocycles. The zero-order chi connectivity index (χ0) is 9.42. The van der Waals surface area contributed by atoms with Gasteiger partial charge in [-0.25, -0.2) is 13.8 Å². The van der Waals surface area contributed by atoms with Crippen molar-refractivity contribution in [2.24, 2.45) is 0 Å². The van der Waals surface area contributed by atoms with E-state index in [1.54, 1.807) is 0 Å². The third-order valence-corrected chi connectivity index (χ3v) is 1.82. The lowest BCUT2D eigenvalue weighted by molar-refractivity contribution is 0.153. The highest BCUT2D eigenvalue weighted by molar-refractivity contribution is 5.84. The predicted molar refractivity (Wildman–Crippen MR) is 42.7 cm³/mol. The lowest BCUT2D eigenvalue weighted by Crippen LogP contribution is -1.86. The molecule has 0 radical (unpaired) electrons. The average molecular weight is 184 g/mol. The van der Waals surface area contributed by atoms with E-state index in [0.29, 0.717) is 0 Å². The van der Waals surface area contributed by atoms with Gasteiger partial charge in [-0.05, 0) is 12.1 Å². The van der Waals surface area contributed by atoms with Gasteiger partial charge in [-0.1, -0.05) is 0 Å². The van der Waals surface area contributed by atoms with E-state index < -0.39 is 6.43 Å². The summed E-state index contributed by atoms with van der Waals surface area (Å²) in [7, 11) is 0. The van der Waals surface area contributed by atoms with Crippen LogP contribution in [0.25, 0.3) is 11.0 Å². The quantitative estimate of drug-likeness (QED) is 0.713. The molecule has 1 heterocycles. The lowest BCUT2D eigenvalue weighted by atomic mass is 10.2. The maximum absolute atomic E-state index is 12.4. The Hall–Kier alpha value is -1.65. The Bertz CT molecular complexity index is 439. The summed E-state index contributed by atoms with van der Waals surface area (Å²) in [5.74, 6) is -0.0723. The van der Waals surface area contributed by atoms with Gasteiger partial charge in [0.1, 0.15) is 16.8 Å². The number of imidazole rings is 1. The number of nitrogens with one attached hydrogen (secondary N) is 1. The van der Waals surface area contributed by atoms with E-state index in [4.69, 9.17) is 0 Å². The molecule has 2 N–H and O–H groups in total. The zero-order valence-corrected chi connectivity index (χ0v) is 6.46. The summed E-state index contributed by atoms with van der Waals surface area (Å²) >= 11 is 0. The summed E-state index contributed by atoms with van der Waals surface area (Å²) in [6.45, 7) is 0. The molecule has 5 heteroatoms. The Balaban J connectivity index is 2.78. The van der Waals surface area contributed by atoms with E-state index in [-0.39, 0.29) is 22.3 Å². The standard InChI is InChI=1S/C8H6F2N2O/c9-8(10)4-1-2-5(13)7-6(4)11-3-12-7/h1-3,8,13H,(H,11,12). The van der Waals surface area contributed by atoms with Crippen LogP contribution in [0.4, 0.5) is 8.78 Å². The van der Waals surface area contributed by atoms with Crippen LogP contribution in [0.3, 0.4) is 0 Å². The van der Waals surface area contributed by atoms with Gasteiger partial charge in [0.05, 0.1) is 6.33 Å². The Morgan fingerprint density at radius 3 is 2.85 bits per heavy atom. The van der Waals surface area contributed by atoms with Crippen molar-refractivity contribution in [3.8, 4) is 5.75 Å². The van der Waals surface area contributed by atoms with Crippen LogP contribution in [0.1, 0.15) is 12.0 Å². The highest BCUT2D eigenvalue weighted by Gasteiger charge is 2.14. The summed E-state index contributed by atoms with van der Waals surface area (Å²) in [6.07, 6.45) is -1.30. The van der Waals surface area contributed by atoms with Crippen molar-refractivity contribution in [2.45, 2.75) is 6.43 Å². The third-order valence-electron chi connectivity index (χ3n) is 1.82. The molecule has 0 amide bonds. The van der Waals surface area contributed by atoms with Crippen molar-refractivity contribution in [3.05, 3.63) is 24.0 Å². The first-order valence-electron chi connectivity index (χ1n) is 3.63. The molecule has 0 fully saturated rings. The summed E-state index contributed by atoms with van der Waals surface area (Å²) in [5, 5.41) is 9.25. The fourth-order valence-corrected chi connectivity index (χ4v) is 1.22. The molecular weight excluding hydrogens is 178 g/mol. The van der Waals surface area contributed by atoms with Gasteiger partial charge in [0.25, 0.3) is 6.43 Å². The Morgan fingerprint density at radius 2 is 2.15 bits per heavy atom. The van der Waals surface area contributed by atoms with Crippen LogP contribution < -0.4 is 0 Å². The van der Waals surface area contributed by atoms with Crippen LogP contribution in [-0.2, 0) is 0 Å². The molecule has 0 atom stereocenters. The third kappa shape index (κ3) is 1.12. The number of benzene rings is 1. The van der Waals surface area contributed by atoms with Crippen molar-refractivity contribution >= 4 is 11.0 Å². The molecule has 0 unspecified atom stereocenters. The smallest absolute Gasteiger partial charge is 0.266 e. The van der Waals surface area contributed by atoms with Gasteiger partial charge in [-0.3, -0.25) is 0 Å². The second-order valence-corrected chi connectivity index (χ2v) is 2.60. The van der Waals surface area contributed by atoms with Gasteiger partial charge in [0.2, 0.25) is 0 Å². The van der Waals surface area contributed by atoms with Crippen LogP contribution in [0.5, 0.6) is 5.75 Å². The first-order chi connectivity index (χ1) is 6.20. The van der Waals surface area contributed by atoms with Crippen LogP contribution in [0, 0.1) is 0 Å². The minimum atomic E-state index is -2.58. The van der Waals surface area contributed by atoms with Crippen LogP contribution in [0.15, 0.2) is 18.5 Å². The fourth-order valence-electron chi connectivity index (χ4n) is 1.22. The van der Waals surface area contributed by atoms with Gasteiger partial charge < -0.3 is 10.1 Å². The van der Waals surface area contributed by atoms with Gasteiger partial charge in [0, 0.05) is 5.56 Å². The SMILES string of the molecule is Oc1ccc(C(F)F)c2nc[nH]c12. The monoisotopic (exact) mass is 184 g/mol. The molecule has 0 aliphatic heterocycles. The summed E-state index contributed by atoms with van der Waals surface area (Å²) < 4.78 is 24.7. The lowest BCUT2D eigenvalue weighted by Gasteiger charge is -2.01. The molecule has 2 rings (SSSR count). The molecule has 0 spiro atoms. The normalized spacial score (nSPS) is 11.3. The van der Waals surface area contributed by atoms with Gasteiger partial charge >= 0.3 is 0 Å². The molecule has 0 bridgehead atoms. The van der Waals surface area contributed by atoms with Gasteiger partial charge in [0.15, 0.2) is 0 Å². The summed E-state index contributed by atoms with van der Waals surface area (Å²) in [5.41, 5.74) is 0.196. The number of hydrogen-bond donors (Lipinski definition) is 2. The molecule has 0 aliphatic carbocycles. The van der Waals surface area contributed by atoms with Crippen molar-refractivity contribution in [1.82, 2.24) is 9.97 Å². The number of alkyl halides is 2. The van der Waals surface area contributed by atoms with Crippen molar-refractivity contribution < 1.29 is 13.9 Å². The first kappa shape index (κ1) is 7.97. The van der Waals surface area contributed by atoms with E-state index in [9.17, 15) is 13.9 Å². The Kier molecular flexibility index (Phi) is 1.65. The largest absolute Gasteiger partial charge is 0.506 e. The molecule has 2 aromatic rings. The molecular formula is C8H6F2N2O. The second kappa shape index (κ2) is 2.69. The predicted octanol–water partition coefficient (Wildman–Crippen LogP) is 2.21. The maximum atomic E-state index is 12.4. The van der Waals surface area contributed by atoms with Crippen LogP contribution >= 0.6 is 0 Å². The molecule has 0 saturated heterocycles. The fraction of sp³-hybridized carbons (Fsp3) is 0.125. The van der Waals surface area contributed by atoms with Crippen LogP contribution in [-0.4, -0.2) is 15.1 Å². The molecule has 1 aromatic carbocycles. The molecule has 0 aliphatic rings. The van der Waals surface area contributed by atoms with E-state index in [2.05, 4.69) is 9.97 Å². The molecule has 68 valence electrons. The number of halogens is 2. The van der Waals surface area contributed by atoms with Gasteiger partial charge in [-0.2, -0.15) is 0 Å².